The minimum Gasteiger partial charge on any atom is -0.354 e. The average Bonchev–Trinajstić information content (AvgIpc) is 2.80. The summed E-state index contributed by atoms with van der Waals surface area (Å²) in [4.78, 5) is 12.6. The molecule has 2 aromatic rings. The first-order valence-corrected chi connectivity index (χ1v) is 6.90. The second kappa shape index (κ2) is 6.70. The van der Waals surface area contributed by atoms with Crippen LogP contribution < -0.4 is 0 Å². The van der Waals surface area contributed by atoms with Gasteiger partial charge >= 0.3 is 0 Å². The van der Waals surface area contributed by atoms with Crippen LogP contribution in [0.15, 0.2) is 36.4 Å². The molecule has 0 amide bonds. The van der Waals surface area contributed by atoms with Gasteiger partial charge in [-0.15, -0.1) is 0 Å². The number of benzene rings is 1. The summed E-state index contributed by atoms with van der Waals surface area (Å²) < 4.78 is 12.5. The summed E-state index contributed by atoms with van der Waals surface area (Å²) in [5.41, 5.74) is 3.38. The number of ether oxygens (including phenoxy) is 2. The van der Waals surface area contributed by atoms with Gasteiger partial charge in [-0.05, 0) is 19.9 Å². The van der Waals surface area contributed by atoms with Gasteiger partial charge < -0.3 is 14.0 Å². The van der Waals surface area contributed by atoms with Crippen molar-refractivity contribution in [1.82, 2.24) is 4.57 Å². The molecule has 0 saturated carbocycles. The number of carbonyl (C=O) groups excluding carboxylic acids is 1. The summed E-state index contributed by atoms with van der Waals surface area (Å²) in [7, 11) is 3.22. The Bertz CT molecular complexity index is 612. The second-order valence-electron chi connectivity index (χ2n) is 4.99. The average molecular weight is 287 g/mol. The highest BCUT2D eigenvalue weighted by Gasteiger charge is 2.18. The van der Waals surface area contributed by atoms with Gasteiger partial charge in [0.25, 0.3) is 0 Å². The Morgan fingerprint density at radius 2 is 1.76 bits per heavy atom. The molecule has 0 aliphatic heterocycles. The van der Waals surface area contributed by atoms with Crippen LogP contribution in [0.4, 0.5) is 0 Å². The first-order valence-electron chi connectivity index (χ1n) is 6.90. The van der Waals surface area contributed by atoms with Gasteiger partial charge in [-0.25, -0.2) is 0 Å². The molecule has 0 N–H and O–H groups in total. The molecule has 0 bridgehead atoms. The van der Waals surface area contributed by atoms with Crippen LogP contribution in [0.3, 0.4) is 0 Å². The lowest BCUT2D eigenvalue weighted by molar-refractivity contribution is -0.111. The number of aromatic nitrogens is 1. The van der Waals surface area contributed by atoms with E-state index < -0.39 is 0 Å². The highest BCUT2D eigenvalue weighted by atomic mass is 16.7. The van der Waals surface area contributed by atoms with Gasteiger partial charge in [0.1, 0.15) is 0 Å². The van der Waals surface area contributed by atoms with E-state index in [0.29, 0.717) is 12.1 Å². The minimum absolute atomic E-state index is 0.0429. The molecule has 0 saturated heterocycles. The number of methoxy groups -OCH3 is 2. The van der Waals surface area contributed by atoms with Crippen LogP contribution in [0.1, 0.15) is 27.3 Å². The van der Waals surface area contributed by atoms with Crippen molar-refractivity contribution in [2.24, 2.45) is 0 Å². The first-order chi connectivity index (χ1) is 10.1. The standard InChI is InChI=1S/C17H21NO3/c1-12-10-15(17(19)14-8-6-5-7-9-14)13(2)18(12)11-16(20-3)21-4/h5-10,16H,11H2,1-4H3. The number of carbonyl (C=O) groups is 1. The lowest BCUT2D eigenvalue weighted by Crippen LogP contribution is -2.22. The summed E-state index contributed by atoms with van der Waals surface area (Å²) in [6.07, 6.45) is -0.325. The Balaban J connectivity index is 2.33. The Hall–Kier alpha value is -1.91. The number of aryl methyl sites for hydroxylation is 1. The molecule has 1 aromatic heterocycles. The second-order valence-corrected chi connectivity index (χ2v) is 4.99. The molecule has 1 aromatic carbocycles. The van der Waals surface area contributed by atoms with Crippen molar-refractivity contribution in [2.75, 3.05) is 14.2 Å². The van der Waals surface area contributed by atoms with Crippen LogP contribution >= 0.6 is 0 Å². The van der Waals surface area contributed by atoms with Gasteiger partial charge in [0.05, 0.1) is 6.54 Å². The molecule has 0 atom stereocenters. The van der Waals surface area contributed by atoms with Crippen molar-refractivity contribution in [3.63, 3.8) is 0 Å². The molecule has 0 radical (unpaired) electrons. The smallest absolute Gasteiger partial charge is 0.194 e. The van der Waals surface area contributed by atoms with Crippen LogP contribution in [-0.4, -0.2) is 30.9 Å². The predicted octanol–water partition coefficient (Wildman–Crippen LogP) is 2.95. The molecule has 0 fully saturated rings. The molecular weight excluding hydrogens is 266 g/mol. The normalized spacial score (nSPS) is 11.1. The van der Waals surface area contributed by atoms with E-state index in [1.54, 1.807) is 14.2 Å². The fourth-order valence-corrected chi connectivity index (χ4v) is 2.45. The van der Waals surface area contributed by atoms with Crippen molar-refractivity contribution in [3.05, 3.63) is 58.9 Å². The third-order valence-electron chi connectivity index (χ3n) is 3.71. The van der Waals surface area contributed by atoms with Gasteiger partial charge in [-0.3, -0.25) is 4.79 Å². The molecule has 0 aliphatic carbocycles. The zero-order valence-corrected chi connectivity index (χ0v) is 12.9. The maximum atomic E-state index is 12.6. The highest BCUT2D eigenvalue weighted by Crippen LogP contribution is 2.19. The molecule has 0 spiro atoms. The van der Waals surface area contributed by atoms with E-state index in [9.17, 15) is 4.79 Å². The summed E-state index contributed by atoms with van der Waals surface area (Å²) in [5, 5.41) is 0. The third kappa shape index (κ3) is 3.23. The van der Waals surface area contributed by atoms with E-state index in [4.69, 9.17) is 9.47 Å². The fourth-order valence-electron chi connectivity index (χ4n) is 2.45. The molecular formula is C17H21NO3. The summed E-state index contributed by atoms with van der Waals surface area (Å²) in [5.74, 6) is 0.0429. The maximum Gasteiger partial charge on any atom is 0.194 e. The number of rotatable bonds is 6. The molecule has 1 heterocycles. The van der Waals surface area contributed by atoms with Gasteiger partial charge in [0, 0.05) is 36.7 Å². The quantitative estimate of drug-likeness (QED) is 0.606. The van der Waals surface area contributed by atoms with E-state index in [1.165, 1.54) is 0 Å². The van der Waals surface area contributed by atoms with Crippen molar-refractivity contribution < 1.29 is 14.3 Å². The van der Waals surface area contributed by atoms with E-state index in [1.807, 2.05) is 54.8 Å². The molecule has 0 aliphatic rings. The van der Waals surface area contributed by atoms with Crippen molar-refractivity contribution in [1.29, 1.82) is 0 Å². The Morgan fingerprint density at radius 1 is 1.14 bits per heavy atom. The van der Waals surface area contributed by atoms with E-state index >= 15 is 0 Å². The molecule has 0 unspecified atom stereocenters. The van der Waals surface area contributed by atoms with E-state index in [0.717, 1.165) is 17.0 Å². The molecule has 112 valence electrons. The van der Waals surface area contributed by atoms with Crippen molar-refractivity contribution >= 4 is 5.78 Å². The molecule has 4 nitrogen and oxygen atoms in total. The number of hydrogen-bond acceptors (Lipinski definition) is 3. The zero-order valence-electron chi connectivity index (χ0n) is 12.9. The van der Waals surface area contributed by atoms with Crippen LogP contribution in [-0.2, 0) is 16.0 Å². The topological polar surface area (TPSA) is 40.5 Å². The maximum absolute atomic E-state index is 12.6. The summed E-state index contributed by atoms with van der Waals surface area (Å²) >= 11 is 0. The van der Waals surface area contributed by atoms with Gasteiger partial charge in [-0.2, -0.15) is 0 Å². The Labute approximate surface area is 125 Å². The largest absolute Gasteiger partial charge is 0.354 e. The lowest BCUT2D eigenvalue weighted by Gasteiger charge is -2.17. The summed E-state index contributed by atoms with van der Waals surface area (Å²) in [6, 6.07) is 11.2. The van der Waals surface area contributed by atoms with Crippen LogP contribution in [0.25, 0.3) is 0 Å². The van der Waals surface area contributed by atoms with Gasteiger partial charge in [0.2, 0.25) is 0 Å². The van der Waals surface area contributed by atoms with Crippen LogP contribution in [0.2, 0.25) is 0 Å². The highest BCUT2D eigenvalue weighted by molar-refractivity contribution is 6.09. The number of nitrogens with zero attached hydrogens (tertiary/aromatic N) is 1. The first kappa shape index (κ1) is 15.5. The number of hydrogen-bond donors (Lipinski definition) is 0. The number of ketones is 1. The monoisotopic (exact) mass is 287 g/mol. The van der Waals surface area contributed by atoms with Gasteiger partial charge in [0.15, 0.2) is 12.1 Å². The molecule has 4 heteroatoms. The predicted molar refractivity (Wildman–Crippen MR) is 81.6 cm³/mol. The van der Waals surface area contributed by atoms with Crippen molar-refractivity contribution in [2.45, 2.75) is 26.7 Å². The van der Waals surface area contributed by atoms with Crippen LogP contribution in [0.5, 0.6) is 0 Å². The Kier molecular flexibility index (Phi) is 4.94. The fraction of sp³-hybridized carbons (Fsp3) is 0.353. The van der Waals surface area contributed by atoms with E-state index in [-0.39, 0.29) is 12.1 Å². The van der Waals surface area contributed by atoms with E-state index in [2.05, 4.69) is 0 Å². The van der Waals surface area contributed by atoms with Crippen LogP contribution in [0, 0.1) is 13.8 Å². The molecule has 2 rings (SSSR count). The minimum atomic E-state index is -0.325. The zero-order chi connectivity index (χ0) is 15.4. The Morgan fingerprint density at radius 3 is 2.33 bits per heavy atom. The lowest BCUT2D eigenvalue weighted by atomic mass is 10.0. The van der Waals surface area contributed by atoms with Gasteiger partial charge in [-0.1, -0.05) is 30.3 Å². The SMILES string of the molecule is COC(Cn1c(C)cc(C(=O)c2ccccc2)c1C)OC. The summed E-state index contributed by atoms with van der Waals surface area (Å²) in [6.45, 7) is 4.50. The molecule has 21 heavy (non-hydrogen) atoms. The third-order valence-corrected chi connectivity index (χ3v) is 3.71. The van der Waals surface area contributed by atoms with Crippen molar-refractivity contribution in [3.8, 4) is 0 Å².